The Morgan fingerprint density at radius 3 is 2.48 bits per heavy atom. The topological polar surface area (TPSA) is 79.0 Å². The van der Waals surface area contributed by atoms with Gasteiger partial charge in [0.1, 0.15) is 22.3 Å². The van der Waals surface area contributed by atoms with Crippen LogP contribution in [0.5, 0.6) is 5.75 Å². The van der Waals surface area contributed by atoms with E-state index in [1.807, 2.05) is 18.2 Å². The van der Waals surface area contributed by atoms with Gasteiger partial charge in [0.25, 0.3) is 0 Å². The second kappa shape index (κ2) is 8.75. The molecule has 156 valence electrons. The van der Waals surface area contributed by atoms with E-state index in [2.05, 4.69) is 5.32 Å². The number of para-hydroxylation sites is 1. The molecule has 0 aromatic heterocycles. The van der Waals surface area contributed by atoms with Crippen LogP contribution in [0.15, 0.2) is 47.4 Å². The van der Waals surface area contributed by atoms with Crippen LogP contribution in [0.2, 0.25) is 0 Å². The first-order valence-electron chi connectivity index (χ1n) is 8.93. The number of rotatable bonds is 5. The van der Waals surface area contributed by atoms with Gasteiger partial charge in [-0.2, -0.15) is 4.31 Å². The van der Waals surface area contributed by atoms with Gasteiger partial charge in [-0.15, -0.1) is 0 Å². The summed E-state index contributed by atoms with van der Waals surface area (Å²) in [4.78, 5) is 13.2. The van der Waals surface area contributed by atoms with Crippen molar-refractivity contribution in [1.29, 1.82) is 0 Å². The number of methoxy groups -OCH3 is 1. The quantitative estimate of drug-likeness (QED) is 0.797. The van der Waals surface area contributed by atoms with E-state index in [0.717, 1.165) is 22.0 Å². The minimum Gasteiger partial charge on any atom is -0.496 e. The Bertz CT molecular complexity index is 993. The zero-order chi connectivity index (χ0) is 21.0. The van der Waals surface area contributed by atoms with Crippen LogP contribution in [0.3, 0.4) is 0 Å². The predicted octanol–water partition coefficient (Wildman–Crippen LogP) is 2.19. The number of nitrogens with zero attached hydrogens (tertiary/aromatic N) is 2. The Morgan fingerprint density at radius 2 is 1.79 bits per heavy atom. The number of ether oxygens (including phenoxy) is 1. The molecular formula is C19H21F2N3O4S. The highest BCUT2D eigenvalue weighted by Gasteiger charge is 2.32. The molecule has 0 bridgehead atoms. The summed E-state index contributed by atoms with van der Waals surface area (Å²) in [5.41, 5.74) is 0.811. The van der Waals surface area contributed by atoms with Crippen LogP contribution in [0, 0.1) is 11.6 Å². The molecule has 2 amide bonds. The lowest BCUT2D eigenvalue weighted by atomic mass is 10.2. The third-order valence-electron chi connectivity index (χ3n) is 4.66. The molecule has 0 atom stereocenters. The maximum absolute atomic E-state index is 13.9. The van der Waals surface area contributed by atoms with Crippen molar-refractivity contribution in [3.63, 3.8) is 0 Å². The summed E-state index contributed by atoms with van der Waals surface area (Å²) in [5.74, 6) is -1.19. The molecule has 0 aliphatic carbocycles. The van der Waals surface area contributed by atoms with E-state index in [9.17, 15) is 22.0 Å². The molecule has 29 heavy (non-hydrogen) atoms. The molecule has 1 saturated heterocycles. The van der Waals surface area contributed by atoms with Crippen LogP contribution in [0.4, 0.5) is 13.6 Å². The zero-order valence-corrected chi connectivity index (χ0v) is 16.6. The molecule has 0 unspecified atom stereocenters. The zero-order valence-electron chi connectivity index (χ0n) is 15.8. The molecule has 1 heterocycles. The van der Waals surface area contributed by atoms with Gasteiger partial charge in [-0.3, -0.25) is 0 Å². The summed E-state index contributed by atoms with van der Waals surface area (Å²) < 4.78 is 58.8. The van der Waals surface area contributed by atoms with E-state index in [1.54, 1.807) is 13.2 Å². The molecular weight excluding hydrogens is 404 g/mol. The van der Waals surface area contributed by atoms with E-state index >= 15 is 0 Å². The lowest BCUT2D eigenvalue weighted by Crippen LogP contribution is -2.53. The molecule has 0 saturated carbocycles. The van der Waals surface area contributed by atoms with E-state index < -0.39 is 26.6 Å². The van der Waals surface area contributed by atoms with Crippen molar-refractivity contribution >= 4 is 16.1 Å². The Labute approximate surface area is 167 Å². The Morgan fingerprint density at radius 1 is 1.10 bits per heavy atom. The van der Waals surface area contributed by atoms with Crippen LogP contribution < -0.4 is 10.1 Å². The van der Waals surface area contributed by atoms with Gasteiger partial charge in [0.2, 0.25) is 10.0 Å². The van der Waals surface area contributed by atoms with E-state index in [4.69, 9.17) is 4.74 Å². The lowest BCUT2D eigenvalue weighted by molar-refractivity contribution is 0.171. The summed E-state index contributed by atoms with van der Waals surface area (Å²) >= 11 is 0. The van der Waals surface area contributed by atoms with Gasteiger partial charge >= 0.3 is 6.03 Å². The first-order chi connectivity index (χ1) is 13.8. The first-order valence-corrected chi connectivity index (χ1v) is 10.4. The third kappa shape index (κ3) is 4.65. The van der Waals surface area contributed by atoms with Gasteiger partial charge in [0, 0.05) is 38.3 Å². The van der Waals surface area contributed by atoms with Crippen molar-refractivity contribution in [2.45, 2.75) is 11.4 Å². The molecule has 2 aromatic rings. The fourth-order valence-electron chi connectivity index (χ4n) is 3.08. The molecule has 2 aromatic carbocycles. The predicted molar refractivity (Wildman–Crippen MR) is 102 cm³/mol. The number of hydrogen-bond donors (Lipinski definition) is 1. The number of hydrogen-bond acceptors (Lipinski definition) is 4. The van der Waals surface area contributed by atoms with Crippen LogP contribution in [0.1, 0.15) is 5.56 Å². The Kier molecular flexibility index (Phi) is 6.33. The molecule has 0 spiro atoms. The molecule has 1 aliphatic rings. The highest BCUT2D eigenvalue weighted by molar-refractivity contribution is 7.89. The lowest BCUT2D eigenvalue weighted by Gasteiger charge is -2.34. The van der Waals surface area contributed by atoms with Gasteiger partial charge in [-0.25, -0.2) is 22.0 Å². The molecule has 1 aliphatic heterocycles. The van der Waals surface area contributed by atoms with E-state index in [-0.39, 0.29) is 38.8 Å². The van der Waals surface area contributed by atoms with Crippen molar-refractivity contribution in [3.05, 3.63) is 59.7 Å². The molecule has 1 N–H and O–H groups in total. The van der Waals surface area contributed by atoms with Crippen LogP contribution in [-0.4, -0.2) is 56.9 Å². The minimum atomic E-state index is -4.19. The molecule has 7 nitrogen and oxygen atoms in total. The summed E-state index contributed by atoms with van der Waals surface area (Å²) in [7, 11) is -2.64. The molecule has 3 rings (SSSR count). The van der Waals surface area contributed by atoms with Crippen LogP contribution in [-0.2, 0) is 16.6 Å². The first kappa shape index (κ1) is 21.0. The maximum Gasteiger partial charge on any atom is 0.317 e. The summed E-state index contributed by atoms with van der Waals surface area (Å²) in [5, 5.41) is 2.77. The summed E-state index contributed by atoms with van der Waals surface area (Å²) in [6.07, 6.45) is 0. The number of piperazine rings is 1. The number of benzene rings is 2. The SMILES string of the molecule is COc1ccccc1CNC(=O)N1CCN(S(=O)(=O)c2cc(F)ccc2F)CC1. The van der Waals surface area contributed by atoms with Crippen molar-refractivity contribution in [1.82, 2.24) is 14.5 Å². The van der Waals surface area contributed by atoms with Crippen molar-refractivity contribution < 1.29 is 26.7 Å². The van der Waals surface area contributed by atoms with Crippen LogP contribution in [0.25, 0.3) is 0 Å². The van der Waals surface area contributed by atoms with Gasteiger partial charge in [0.05, 0.1) is 7.11 Å². The second-order valence-corrected chi connectivity index (χ2v) is 8.34. The van der Waals surface area contributed by atoms with Gasteiger partial charge in [-0.1, -0.05) is 18.2 Å². The monoisotopic (exact) mass is 425 g/mol. The van der Waals surface area contributed by atoms with Crippen LogP contribution >= 0.6 is 0 Å². The number of halogens is 2. The standard InChI is InChI=1S/C19H21F2N3O4S/c1-28-17-5-3-2-4-14(17)13-22-19(25)23-8-10-24(11-9-23)29(26,27)18-12-15(20)6-7-16(18)21/h2-7,12H,8-11,13H2,1H3,(H,22,25). The van der Waals surface area contributed by atoms with Crippen molar-refractivity contribution in [2.75, 3.05) is 33.3 Å². The molecule has 0 radical (unpaired) electrons. The highest BCUT2D eigenvalue weighted by atomic mass is 32.2. The fourth-order valence-corrected chi connectivity index (χ4v) is 4.58. The number of carbonyl (C=O) groups excluding carboxylic acids is 1. The largest absolute Gasteiger partial charge is 0.496 e. The Hall–Kier alpha value is -2.72. The fraction of sp³-hybridized carbons (Fsp3) is 0.316. The average Bonchev–Trinajstić information content (AvgIpc) is 2.73. The Balaban J connectivity index is 1.60. The number of nitrogens with one attached hydrogen (secondary N) is 1. The normalized spacial score (nSPS) is 15.2. The number of amides is 2. The van der Waals surface area contributed by atoms with E-state index in [0.29, 0.717) is 11.8 Å². The summed E-state index contributed by atoms with van der Waals surface area (Å²) in [6, 6.07) is 9.24. The minimum absolute atomic E-state index is 0.0135. The smallest absolute Gasteiger partial charge is 0.317 e. The van der Waals surface area contributed by atoms with Crippen molar-refractivity contribution in [3.8, 4) is 5.75 Å². The van der Waals surface area contributed by atoms with Gasteiger partial charge in [0.15, 0.2) is 0 Å². The van der Waals surface area contributed by atoms with Crippen molar-refractivity contribution in [2.24, 2.45) is 0 Å². The summed E-state index contributed by atoms with van der Waals surface area (Å²) in [6.45, 7) is 0.498. The van der Waals surface area contributed by atoms with Gasteiger partial charge < -0.3 is 15.0 Å². The number of sulfonamides is 1. The second-order valence-electron chi connectivity index (χ2n) is 6.44. The number of urea groups is 1. The van der Waals surface area contributed by atoms with Gasteiger partial charge in [-0.05, 0) is 24.3 Å². The molecule has 1 fully saturated rings. The molecule has 10 heteroatoms. The maximum atomic E-state index is 13.9. The number of carbonyl (C=O) groups is 1. The van der Waals surface area contributed by atoms with E-state index in [1.165, 1.54) is 4.90 Å². The third-order valence-corrected chi connectivity index (χ3v) is 6.57. The average molecular weight is 425 g/mol. The highest BCUT2D eigenvalue weighted by Crippen LogP contribution is 2.22.